The first kappa shape index (κ1) is 14.3. The fraction of sp³-hybridized carbons (Fsp3) is 1.00. The van der Waals surface area contributed by atoms with Gasteiger partial charge in [-0.05, 0) is 12.5 Å². The van der Waals surface area contributed by atoms with Gasteiger partial charge in [0.25, 0.3) is 0 Å². The van der Waals surface area contributed by atoms with Crippen LogP contribution in [0, 0.1) is 5.92 Å². The molecule has 18 heavy (non-hydrogen) atoms. The van der Waals surface area contributed by atoms with Gasteiger partial charge in [0.1, 0.15) is 0 Å². The lowest BCUT2D eigenvalue weighted by atomic mass is 10.1. The van der Waals surface area contributed by atoms with E-state index in [0.29, 0.717) is 0 Å². The molecule has 0 bridgehead atoms. The molecule has 1 atom stereocenters. The summed E-state index contributed by atoms with van der Waals surface area (Å²) >= 11 is 0. The summed E-state index contributed by atoms with van der Waals surface area (Å²) in [5.74, 6) is 0.802. The number of nitrogens with zero attached hydrogens (tertiary/aromatic N) is 3. The van der Waals surface area contributed by atoms with Gasteiger partial charge in [0.2, 0.25) is 0 Å². The Labute approximate surface area is 112 Å². The van der Waals surface area contributed by atoms with Crippen LogP contribution >= 0.6 is 0 Å². The number of nitrogens with one attached hydrogen (secondary N) is 1. The normalized spacial score (nSPS) is 26.3. The molecular weight excluding hydrogens is 224 g/mol. The van der Waals surface area contributed by atoms with Crippen molar-refractivity contribution in [1.29, 1.82) is 0 Å². The molecule has 2 saturated heterocycles. The molecule has 0 radical (unpaired) electrons. The molecule has 0 aromatic heterocycles. The summed E-state index contributed by atoms with van der Waals surface area (Å²) in [6, 6.07) is 0. The Morgan fingerprint density at radius 3 is 1.89 bits per heavy atom. The van der Waals surface area contributed by atoms with Gasteiger partial charge >= 0.3 is 0 Å². The van der Waals surface area contributed by atoms with Crippen LogP contribution in [0.2, 0.25) is 0 Å². The summed E-state index contributed by atoms with van der Waals surface area (Å²) < 4.78 is 0. The van der Waals surface area contributed by atoms with Crippen molar-refractivity contribution in [2.75, 3.05) is 72.0 Å². The molecule has 0 aromatic rings. The summed E-state index contributed by atoms with van der Waals surface area (Å²) in [5.41, 5.74) is 0. The molecule has 2 heterocycles. The molecule has 0 aliphatic carbocycles. The van der Waals surface area contributed by atoms with Crippen LogP contribution in [0.3, 0.4) is 0 Å². The Kier molecular flexibility index (Phi) is 5.89. The largest absolute Gasteiger partial charge is 0.314 e. The highest BCUT2D eigenvalue weighted by Crippen LogP contribution is 2.07. The molecule has 0 aromatic carbocycles. The van der Waals surface area contributed by atoms with E-state index in [9.17, 15) is 0 Å². The maximum Gasteiger partial charge on any atom is 0.0110 e. The van der Waals surface area contributed by atoms with Gasteiger partial charge in [-0.1, -0.05) is 13.8 Å². The maximum absolute atomic E-state index is 3.42. The van der Waals surface area contributed by atoms with E-state index < -0.39 is 0 Å². The van der Waals surface area contributed by atoms with Gasteiger partial charge in [0.05, 0.1) is 0 Å². The molecule has 1 N–H and O–H groups in total. The number of piperazine rings is 2. The SMILES string of the molecule is CCN1CCN(CC(C)CN2CCNCC2)CC1. The number of hydrogen-bond acceptors (Lipinski definition) is 4. The zero-order valence-electron chi connectivity index (χ0n) is 12.2. The molecule has 2 rings (SSSR count). The standard InChI is InChI=1S/C14H30N4/c1-3-16-8-10-18(11-9-16)13-14(2)12-17-6-4-15-5-7-17/h14-15H,3-13H2,1-2H3. The summed E-state index contributed by atoms with van der Waals surface area (Å²) in [6.07, 6.45) is 0. The lowest BCUT2D eigenvalue weighted by Crippen LogP contribution is -2.49. The van der Waals surface area contributed by atoms with Crippen molar-refractivity contribution in [2.24, 2.45) is 5.92 Å². The van der Waals surface area contributed by atoms with E-state index in [2.05, 4.69) is 33.9 Å². The highest BCUT2D eigenvalue weighted by Gasteiger charge is 2.19. The quantitative estimate of drug-likeness (QED) is 0.755. The van der Waals surface area contributed by atoms with Gasteiger partial charge < -0.3 is 20.0 Å². The van der Waals surface area contributed by atoms with Crippen LogP contribution in [-0.2, 0) is 0 Å². The van der Waals surface area contributed by atoms with Gasteiger partial charge in [0, 0.05) is 65.4 Å². The van der Waals surface area contributed by atoms with Crippen molar-refractivity contribution in [2.45, 2.75) is 13.8 Å². The van der Waals surface area contributed by atoms with Gasteiger partial charge in [-0.25, -0.2) is 0 Å². The van der Waals surface area contributed by atoms with E-state index in [1.54, 1.807) is 0 Å². The maximum atomic E-state index is 3.42. The van der Waals surface area contributed by atoms with Crippen molar-refractivity contribution in [1.82, 2.24) is 20.0 Å². The summed E-state index contributed by atoms with van der Waals surface area (Å²) in [7, 11) is 0. The van der Waals surface area contributed by atoms with Crippen LogP contribution < -0.4 is 5.32 Å². The lowest BCUT2D eigenvalue weighted by molar-refractivity contribution is 0.111. The van der Waals surface area contributed by atoms with Crippen molar-refractivity contribution >= 4 is 0 Å². The predicted molar refractivity (Wildman–Crippen MR) is 77.0 cm³/mol. The first-order valence-electron chi connectivity index (χ1n) is 7.65. The van der Waals surface area contributed by atoms with E-state index in [1.807, 2.05) is 0 Å². The fourth-order valence-corrected chi connectivity index (χ4v) is 3.12. The van der Waals surface area contributed by atoms with E-state index in [4.69, 9.17) is 0 Å². The van der Waals surface area contributed by atoms with E-state index in [-0.39, 0.29) is 0 Å². The van der Waals surface area contributed by atoms with Crippen molar-refractivity contribution in [3.63, 3.8) is 0 Å². The summed E-state index contributed by atoms with van der Waals surface area (Å²) in [5, 5.41) is 3.42. The van der Waals surface area contributed by atoms with Crippen LogP contribution in [0.1, 0.15) is 13.8 Å². The van der Waals surface area contributed by atoms with Gasteiger partial charge in [-0.2, -0.15) is 0 Å². The lowest BCUT2D eigenvalue weighted by Gasteiger charge is -2.36. The molecule has 0 spiro atoms. The average molecular weight is 254 g/mol. The van der Waals surface area contributed by atoms with Crippen LogP contribution in [-0.4, -0.2) is 86.7 Å². The molecule has 106 valence electrons. The van der Waals surface area contributed by atoms with Crippen molar-refractivity contribution < 1.29 is 0 Å². The second kappa shape index (κ2) is 7.43. The zero-order valence-corrected chi connectivity index (χ0v) is 12.2. The predicted octanol–water partition coefficient (Wildman–Crippen LogP) is 0.165. The minimum atomic E-state index is 0.802. The second-order valence-corrected chi connectivity index (χ2v) is 5.89. The molecule has 1 unspecified atom stereocenters. The average Bonchev–Trinajstić information content (AvgIpc) is 2.40. The van der Waals surface area contributed by atoms with Crippen molar-refractivity contribution in [3.8, 4) is 0 Å². The summed E-state index contributed by atoms with van der Waals surface area (Å²) in [6.45, 7) is 18.3. The third-order valence-corrected chi connectivity index (χ3v) is 4.26. The topological polar surface area (TPSA) is 21.8 Å². The van der Waals surface area contributed by atoms with E-state index in [1.165, 1.54) is 72.0 Å². The van der Waals surface area contributed by atoms with Crippen LogP contribution in [0.25, 0.3) is 0 Å². The van der Waals surface area contributed by atoms with Gasteiger partial charge in [-0.15, -0.1) is 0 Å². The highest BCUT2D eigenvalue weighted by molar-refractivity contribution is 4.75. The Morgan fingerprint density at radius 2 is 1.33 bits per heavy atom. The van der Waals surface area contributed by atoms with Crippen molar-refractivity contribution in [3.05, 3.63) is 0 Å². The molecular formula is C14H30N4. The number of likely N-dealkylation sites (N-methyl/N-ethyl adjacent to an activating group) is 1. The van der Waals surface area contributed by atoms with Gasteiger partial charge in [0.15, 0.2) is 0 Å². The monoisotopic (exact) mass is 254 g/mol. The Balaban J connectivity index is 1.63. The van der Waals surface area contributed by atoms with E-state index in [0.717, 1.165) is 5.92 Å². The molecule has 2 fully saturated rings. The first-order chi connectivity index (χ1) is 8.78. The minimum absolute atomic E-state index is 0.802. The molecule has 2 aliphatic heterocycles. The van der Waals surface area contributed by atoms with Gasteiger partial charge in [-0.3, -0.25) is 0 Å². The smallest absolute Gasteiger partial charge is 0.0110 e. The Hall–Kier alpha value is -0.160. The Bertz CT molecular complexity index is 220. The first-order valence-corrected chi connectivity index (χ1v) is 7.65. The molecule has 0 saturated carbocycles. The zero-order chi connectivity index (χ0) is 12.8. The van der Waals surface area contributed by atoms with Crippen LogP contribution in [0.4, 0.5) is 0 Å². The second-order valence-electron chi connectivity index (χ2n) is 5.89. The number of rotatable bonds is 5. The minimum Gasteiger partial charge on any atom is -0.314 e. The van der Waals surface area contributed by atoms with Crippen LogP contribution in [0.15, 0.2) is 0 Å². The summed E-state index contributed by atoms with van der Waals surface area (Å²) in [4.78, 5) is 7.82. The molecule has 2 aliphatic rings. The molecule has 0 amide bonds. The third kappa shape index (κ3) is 4.50. The fourth-order valence-electron chi connectivity index (χ4n) is 3.12. The highest BCUT2D eigenvalue weighted by atomic mass is 15.3. The molecule has 4 nitrogen and oxygen atoms in total. The third-order valence-electron chi connectivity index (χ3n) is 4.26. The van der Waals surface area contributed by atoms with Crippen LogP contribution in [0.5, 0.6) is 0 Å². The molecule has 4 heteroatoms. The van der Waals surface area contributed by atoms with E-state index >= 15 is 0 Å². The number of hydrogen-bond donors (Lipinski definition) is 1. The Morgan fingerprint density at radius 1 is 0.833 bits per heavy atom.